The molecule has 9 heteroatoms. The fraction of sp³-hybridized carbons (Fsp3) is 0.481. The molecule has 4 rings (SSSR count). The van der Waals surface area contributed by atoms with Crippen molar-refractivity contribution in [1.82, 2.24) is 20.1 Å². The summed E-state index contributed by atoms with van der Waals surface area (Å²) in [6.45, 7) is 2.71. The highest BCUT2D eigenvalue weighted by molar-refractivity contribution is 7.99. The van der Waals surface area contributed by atoms with E-state index < -0.39 is 12.1 Å². The number of thioether (sulfide) groups is 1. The van der Waals surface area contributed by atoms with Gasteiger partial charge in [0.2, 0.25) is 0 Å². The molecule has 3 heterocycles. The number of rotatable bonds is 12. The molecule has 0 spiro atoms. The molecule has 3 aromatic rings. The summed E-state index contributed by atoms with van der Waals surface area (Å²) in [5.74, 6) is 1.37. The van der Waals surface area contributed by atoms with Gasteiger partial charge in [-0.1, -0.05) is 0 Å². The Morgan fingerprint density at radius 3 is 2.92 bits per heavy atom. The zero-order chi connectivity index (χ0) is 25.3. The Balaban J connectivity index is 1.35. The third kappa shape index (κ3) is 7.13. The number of aliphatic carboxylic acids is 1. The van der Waals surface area contributed by atoms with Gasteiger partial charge in [-0.05, 0) is 86.0 Å². The van der Waals surface area contributed by atoms with Crippen LogP contribution in [0, 0.1) is 11.8 Å². The van der Waals surface area contributed by atoms with Gasteiger partial charge in [-0.2, -0.15) is 5.10 Å². The molecular formula is C27H33FN4O3S. The Hall–Kier alpha value is -2.78. The van der Waals surface area contributed by atoms with Gasteiger partial charge in [0, 0.05) is 43.0 Å². The van der Waals surface area contributed by atoms with E-state index in [1.54, 1.807) is 37.3 Å². The van der Waals surface area contributed by atoms with Crippen LogP contribution in [0.25, 0.3) is 10.9 Å². The summed E-state index contributed by atoms with van der Waals surface area (Å²) < 4.78 is 20.8. The van der Waals surface area contributed by atoms with E-state index >= 15 is 4.39 Å². The molecule has 1 aromatic carbocycles. The first-order valence-corrected chi connectivity index (χ1v) is 13.4. The lowest BCUT2D eigenvalue weighted by molar-refractivity contribution is -0.137. The van der Waals surface area contributed by atoms with Crippen molar-refractivity contribution in [2.24, 2.45) is 11.8 Å². The van der Waals surface area contributed by atoms with E-state index in [0.29, 0.717) is 30.1 Å². The molecular weight excluding hydrogens is 479 g/mol. The van der Waals surface area contributed by atoms with Gasteiger partial charge in [0.25, 0.3) is 0 Å². The number of likely N-dealkylation sites (tertiary alicyclic amines) is 1. The topological polar surface area (TPSA) is 88.4 Å². The van der Waals surface area contributed by atoms with E-state index in [2.05, 4.69) is 20.1 Å². The van der Waals surface area contributed by atoms with Crippen molar-refractivity contribution in [3.8, 4) is 5.75 Å². The molecule has 36 heavy (non-hydrogen) atoms. The van der Waals surface area contributed by atoms with Crippen molar-refractivity contribution < 1.29 is 19.0 Å². The van der Waals surface area contributed by atoms with Gasteiger partial charge < -0.3 is 14.7 Å². The molecule has 2 unspecified atom stereocenters. The van der Waals surface area contributed by atoms with Crippen molar-refractivity contribution in [1.29, 1.82) is 0 Å². The molecule has 3 atom stereocenters. The molecule has 192 valence electrons. The smallest absolute Gasteiger partial charge is 0.303 e. The second-order valence-corrected chi connectivity index (χ2v) is 10.4. The van der Waals surface area contributed by atoms with Gasteiger partial charge in [0.05, 0.1) is 12.6 Å². The lowest BCUT2D eigenvalue weighted by atomic mass is 9.79. The van der Waals surface area contributed by atoms with Gasteiger partial charge in [0.1, 0.15) is 16.9 Å². The fourth-order valence-electron chi connectivity index (χ4n) is 5.08. The van der Waals surface area contributed by atoms with Crippen LogP contribution >= 0.6 is 11.8 Å². The predicted molar refractivity (Wildman–Crippen MR) is 139 cm³/mol. The minimum absolute atomic E-state index is 0.150. The third-order valence-corrected chi connectivity index (χ3v) is 7.92. The highest BCUT2D eigenvalue weighted by Gasteiger charge is 2.30. The zero-order valence-corrected chi connectivity index (χ0v) is 21.4. The molecule has 0 aliphatic carbocycles. The number of carboxylic acids is 1. The number of hydrogen-bond acceptors (Lipinski definition) is 7. The van der Waals surface area contributed by atoms with E-state index in [-0.39, 0.29) is 12.3 Å². The standard InChI is InChI=1S/C27H33FN4O3S/c1-35-21-6-8-25-23(17-21)22(10-13-29-25)24(28)7-4-19-11-14-32(18-20(19)5-9-27(33)34)15-16-36-26-3-2-12-30-31-26/h2-3,6,8,10,12-13,17,19-20,24H,4-5,7,9,11,14-16,18H2,1H3,(H,33,34)/t19?,20?,24-/m0/s1. The normalized spacial score (nSPS) is 19.3. The Morgan fingerprint density at radius 2 is 2.14 bits per heavy atom. The number of ether oxygens (including phenoxy) is 1. The van der Waals surface area contributed by atoms with Gasteiger partial charge in [-0.25, -0.2) is 4.39 Å². The molecule has 1 aliphatic heterocycles. The van der Waals surface area contributed by atoms with Crippen LogP contribution in [0.2, 0.25) is 0 Å². The number of pyridine rings is 1. The number of alkyl halides is 1. The average Bonchev–Trinajstić information content (AvgIpc) is 2.91. The largest absolute Gasteiger partial charge is 0.497 e. The average molecular weight is 513 g/mol. The van der Waals surface area contributed by atoms with Crippen molar-refractivity contribution in [2.45, 2.75) is 43.3 Å². The lowest BCUT2D eigenvalue weighted by Crippen LogP contribution is -2.41. The molecule has 0 bridgehead atoms. The van der Waals surface area contributed by atoms with Gasteiger partial charge >= 0.3 is 5.97 Å². The van der Waals surface area contributed by atoms with Crippen LogP contribution in [0.4, 0.5) is 4.39 Å². The van der Waals surface area contributed by atoms with Gasteiger partial charge in [-0.3, -0.25) is 9.78 Å². The van der Waals surface area contributed by atoms with Crippen LogP contribution in [0.1, 0.15) is 43.8 Å². The molecule has 1 N–H and O–H groups in total. The Morgan fingerprint density at radius 1 is 1.25 bits per heavy atom. The second kappa shape index (κ2) is 13.0. The van der Waals surface area contributed by atoms with E-state index in [1.165, 1.54) is 0 Å². The Bertz CT molecular complexity index is 1140. The number of methoxy groups -OCH3 is 1. The molecule has 7 nitrogen and oxygen atoms in total. The van der Waals surface area contributed by atoms with Crippen molar-refractivity contribution in [2.75, 3.05) is 32.5 Å². The van der Waals surface area contributed by atoms with E-state index in [4.69, 9.17) is 4.74 Å². The number of carboxylic acid groups (broad SMARTS) is 1. The van der Waals surface area contributed by atoms with Crippen molar-refractivity contribution in [3.05, 3.63) is 54.4 Å². The molecule has 2 aromatic heterocycles. The minimum Gasteiger partial charge on any atom is -0.497 e. The summed E-state index contributed by atoms with van der Waals surface area (Å²) in [5, 5.41) is 19.0. The predicted octanol–water partition coefficient (Wildman–Crippen LogP) is 5.42. The van der Waals surface area contributed by atoms with E-state index in [9.17, 15) is 9.90 Å². The summed E-state index contributed by atoms with van der Waals surface area (Å²) in [7, 11) is 1.60. The molecule has 1 aliphatic rings. The van der Waals surface area contributed by atoms with Crippen LogP contribution in [-0.2, 0) is 4.79 Å². The maximum Gasteiger partial charge on any atom is 0.303 e. The Labute approximate surface area is 215 Å². The van der Waals surface area contributed by atoms with Crippen LogP contribution in [0.5, 0.6) is 5.75 Å². The number of hydrogen-bond donors (Lipinski definition) is 1. The quantitative estimate of drug-likeness (QED) is 0.322. The number of fused-ring (bicyclic) bond motifs is 1. The third-order valence-electron chi connectivity index (χ3n) is 7.02. The highest BCUT2D eigenvalue weighted by Crippen LogP contribution is 2.36. The highest BCUT2D eigenvalue weighted by atomic mass is 32.2. The van der Waals surface area contributed by atoms with Crippen LogP contribution in [-0.4, -0.2) is 63.7 Å². The van der Waals surface area contributed by atoms with Gasteiger partial charge in [0.15, 0.2) is 0 Å². The number of piperidine rings is 1. The number of aromatic nitrogens is 3. The lowest BCUT2D eigenvalue weighted by Gasteiger charge is -2.39. The van der Waals surface area contributed by atoms with Crippen LogP contribution in [0.15, 0.2) is 53.8 Å². The maximum atomic E-state index is 15.5. The van der Waals surface area contributed by atoms with Crippen molar-refractivity contribution >= 4 is 28.6 Å². The van der Waals surface area contributed by atoms with Crippen molar-refractivity contribution in [3.63, 3.8) is 0 Å². The molecule has 0 saturated carbocycles. The molecule has 0 radical (unpaired) electrons. The second-order valence-electron chi connectivity index (χ2n) is 9.28. The maximum absolute atomic E-state index is 15.5. The number of benzene rings is 1. The summed E-state index contributed by atoms with van der Waals surface area (Å²) in [6.07, 6.45) is 5.09. The first-order valence-electron chi connectivity index (χ1n) is 12.4. The summed E-state index contributed by atoms with van der Waals surface area (Å²) in [4.78, 5) is 18.0. The molecule has 1 fully saturated rings. The first kappa shape index (κ1) is 26.3. The minimum atomic E-state index is -1.11. The van der Waals surface area contributed by atoms with E-state index in [0.717, 1.165) is 54.2 Å². The Kier molecular flexibility index (Phi) is 9.47. The number of halogens is 1. The van der Waals surface area contributed by atoms with E-state index in [1.807, 2.05) is 30.3 Å². The van der Waals surface area contributed by atoms with Gasteiger partial charge in [-0.15, -0.1) is 16.9 Å². The molecule has 1 saturated heterocycles. The summed E-state index contributed by atoms with van der Waals surface area (Å²) >= 11 is 1.68. The monoisotopic (exact) mass is 512 g/mol. The van der Waals surface area contributed by atoms with Crippen LogP contribution < -0.4 is 4.74 Å². The van der Waals surface area contributed by atoms with Crippen LogP contribution in [0.3, 0.4) is 0 Å². The molecule has 0 amide bonds. The number of carbonyl (C=O) groups is 1. The first-order chi connectivity index (χ1) is 17.5. The summed E-state index contributed by atoms with van der Waals surface area (Å²) in [5.41, 5.74) is 1.39. The number of nitrogens with zero attached hydrogens (tertiary/aromatic N) is 4. The summed E-state index contributed by atoms with van der Waals surface area (Å²) in [6, 6.07) is 11.1. The zero-order valence-electron chi connectivity index (χ0n) is 20.6. The fourth-order valence-corrected chi connectivity index (χ4v) is 5.92. The SMILES string of the molecule is COc1ccc2nccc([C@@H](F)CCC3CCN(CCSc4cccnn4)CC3CCC(=O)O)c2c1.